The fraction of sp³-hybridized carbons (Fsp3) is 0.389. The van der Waals surface area contributed by atoms with Gasteiger partial charge in [0.15, 0.2) is 0 Å². The second kappa shape index (κ2) is 5.88. The number of anilines is 1. The number of amides is 1. The van der Waals surface area contributed by atoms with Crippen molar-refractivity contribution in [2.75, 3.05) is 5.32 Å². The van der Waals surface area contributed by atoms with Crippen LogP contribution in [0.15, 0.2) is 30.6 Å². The van der Waals surface area contributed by atoms with Gasteiger partial charge in [0.25, 0.3) is 5.91 Å². The molecule has 1 N–H and O–H groups in total. The predicted octanol–water partition coefficient (Wildman–Crippen LogP) is 3.75. The van der Waals surface area contributed by atoms with Gasteiger partial charge in [0.1, 0.15) is 5.54 Å². The molecule has 1 amide bonds. The number of carbonyl (C=O) groups excluding carboxylic acids is 1. The number of halogens is 1. The number of nitrogens with one attached hydrogen (secondary N) is 1. The van der Waals surface area contributed by atoms with Crippen molar-refractivity contribution in [1.29, 1.82) is 5.26 Å². The van der Waals surface area contributed by atoms with Gasteiger partial charge in [0.05, 0.1) is 21.4 Å². The summed E-state index contributed by atoms with van der Waals surface area (Å²) in [4.78, 5) is 12.9. The first-order valence-corrected chi connectivity index (χ1v) is 9.26. The second-order valence-corrected chi connectivity index (χ2v) is 7.88. The average Bonchev–Trinajstić information content (AvgIpc) is 3.29. The standard InChI is InChI=1S/C18H17IN4O/c19-14-10-21-23(11-14)18(6-1-7-18)17(24)22-15-5-4-13(9-20)16(8-15)12-2-3-12/h4-5,8,10-12H,1-3,6-7H2,(H,22,24). The van der Waals surface area contributed by atoms with Crippen LogP contribution in [0.4, 0.5) is 5.69 Å². The molecule has 122 valence electrons. The summed E-state index contributed by atoms with van der Waals surface area (Å²) in [5.41, 5.74) is 1.98. The molecule has 2 aliphatic rings. The molecular weight excluding hydrogens is 415 g/mol. The van der Waals surface area contributed by atoms with Crippen molar-refractivity contribution in [1.82, 2.24) is 9.78 Å². The quantitative estimate of drug-likeness (QED) is 0.749. The Labute approximate surface area is 154 Å². The minimum atomic E-state index is -0.572. The Morgan fingerprint density at radius 2 is 2.21 bits per heavy atom. The van der Waals surface area contributed by atoms with E-state index < -0.39 is 5.54 Å². The van der Waals surface area contributed by atoms with E-state index in [0.29, 0.717) is 5.92 Å². The third-order valence-electron chi connectivity index (χ3n) is 5.04. The maximum Gasteiger partial charge on any atom is 0.252 e. The summed E-state index contributed by atoms with van der Waals surface area (Å²) in [7, 11) is 0. The Kier molecular flexibility index (Phi) is 3.83. The lowest BCUT2D eigenvalue weighted by Crippen LogP contribution is -2.51. The molecule has 0 atom stereocenters. The maximum atomic E-state index is 12.9. The highest BCUT2D eigenvalue weighted by molar-refractivity contribution is 14.1. The molecule has 0 saturated heterocycles. The van der Waals surface area contributed by atoms with Crippen LogP contribution < -0.4 is 5.32 Å². The fourth-order valence-electron chi connectivity index (χ4n) is 3.33. The number of carbonyl (C=O) groups is 1. The highest BCUT2D eigenvalue weighted by Crippen LogP contribution is 2.43. The summed E-state index contributed by atoms with van der Waals surface area (Å²) in [5, 5.41) is 16.7. The van der Waals surface area contributed by atoms with Crippen LogP contribution in [0.2, 0.25) is 0 Å². The largest absolute Gasteiger partial charge is 0.324 e. The molecule has 1 heterocycles. The molecule has 2 aliphatic carbocycles. The highest BCUT2D eigenvalue weighted by Gasteiger charge is 2.46. The molecule has 5 nitrogen and oxygen atoms in total. The van der Waals surface area contributed by atoms with E-state index in [0.717, 1.165) is 52.5 Å². The highest BCUT2D eigenvalue weighted by atomic mass is 127. The number of hydrogen-bond acceptors (Lipinski definition) is 3. The number of hydrogen-bond donors (Lipinski definition) is 1. The lowest BCUT2D eigenvalue weighted by molar-refractivity contribution is -0.129. The van der Waals surface area contributed by atoms with E-state index in [4.69, 9.17) is 0 Å². The van der Waals surface area contributed by atoms with Crippen LogP contribution in [0.5, 0.6) is 0 Å². The Bertz CT molecular complexity index is 843. The molecule has 1 aromatic heterocycles. The Morgan fingerprint density at radius 3 is 2.75 bits per heavy atom. The summed E-state index contributed by atoms with van der Waals surface area (Å²) < 4.78 is 2.83. The molecule has 0 bridgehead atoms. The van der Waals surface area contributed by atoms with Gasteiger partial charge in [-0.2, -0.15) is 10.4 Å². The van der Waals surface area contributed by atoms with Gasteiger partial charge in [0, 0.05) is 11.9 Å². The minimum absolute atomic E-state index is 0.0142. The van der Waals surface area contributed by atoms with E-state index >= 15 is 0 Å². The van der Waals surface area contributed by atoms with E-state index in [1.807, 2.05) is 24.4 Å². The van der Waals surface area contributed by atoms with Crippen molar-refractivity contribution in [3.63, 3.8) is 0 Å². The van der Waals surface area contributed by atoms with E-state index in [1.54, 1.807) is 10.9 Å². The fourth-order valence-corrected chi connectivity index (χ4v) is 3.72. The SMILES string of the molecule is N#Cc1ccc(NC(=O)C2(n3cc(I)cn3)CCC2)cc1C1CC1. The predicted molar refractivity (Wildman–Crippen MR) is 98.5 cm³/mol. The smallest absolute Gasteiger partial charge is 0.252 e. The molecule has 2 fully saturated rings. The normalized spacial score (nSPS) is 18.5. The third kappa shape index (κ3) is 2.61. The molecular formula is C18H17IN4O. The summed E-state index contributed by atoms with van der Waals surface area (Å²) in [6, 6.07) is 7.85. The topological polar surface area (TPSA) is 70.7 Å². The number of nitrogens with zero attached hydrogens (tertiary/aromatic N) is 3. The van der Waals surface area contributed by atoms with Crippen molar-refractivity contribution in [2.45, 2.75) is 43.6 Å². The summed E-state index contributed by atoms with van der Waals surface area (Å²) >= 11 is 2.21. The molecule has 0 spiro atoms. The number of benzene rings is 1. The molecule has 1 aromatic carbocycles. The molecule has 4 rings (SSSR count). The summed E-state index contributed by atoms with van der Waals surface area (Å²) in [5.74, 6) is 0.460. The first-order valence-electron chi connectivity index (χ1n) is 8.18. The Morgan fingerprint density at radius 1 is 1.42 bits per heavy atom. The minimum Gasteiger partial charge on any atom is -0.324 e. The molecule has 0 unspecified atom stereocenters. The van der Waals surface area contributed by atoms with Gasteiger partial charge in [-0.1, -0.05) is 0 Å². The lowest BCUT2D eigenvalue weighted by atomic mass is 9.76. The van der Waals surface area contributed by atoms with Crippen molar-refractivity contribution in [3.05, 3.63) is 45.3 Å². The van der Waals surface area contributed by atoms with Gasteiger partial charge in [-0.15, -0.1) is 0 Å². The summed E-state index contributed by atoms with van der Waals surface area (Å²) in [6.07, 6.45) is 8.60. The van der Waals surface area contributed by atoms with Gasteiger partial charge in [0.2, 0.25) is 0 Å². The van der Waals surface area contributed by atoms with E-state index in [1.165, 1.54) is 0 Å². The van der Waals surface area contributed by atoms with Crippen LogP contribution in [-0.4, -0.2) is 15.7 Å². The van der Waals surface area contributed by atoms with Gasteiger partial charge in [-0.25, -0.2) is 0 Å². The van der Waals surface area contributed by atoms with Crippen molar-refractivity contribution in [2.24, 2.45) is 0 Å². The summed E-state index contributed by atoms with van der Waals surface area (Å²) in [6.45, 7) is 0. The molecule has 6 heteroatoms. The first kappa shape index (κ1) is 15.6. The van der Waals surface area contributed by atoms with Crippen LogP contribution >= 0.6 is 22.6 Å². The van der Waals surface area contributed by atoms with Crippen molar-refractivity contribution < 1.29 is 4.79 Å². The lowest BCUT2D eigenvalue weighted by Gasteiger charge is -2.40. The number of rotatable bonds is 4. The molecule has 2 aromatic rings. The van der Waals surface area contributed by atoms with Crippen LogP contribution in [-0.2, 0) is 10.3 Å². The van der Waals surface area contributed by atoms with Gasteiger partial charge in [-0.05, 0) is 84.4 Å². The van der Waals surface area contributed by atoms with Gasteiger partial charge in [-0.3, -0.25) is 9.48 Å². The van der Waals surface area contributed by atoms with Gasteiger partial charge >= 0.3 is 0 Å². The number of nitriles is 1. The average molecular weight is 432 g/mol. The van der Waals surface area contributed by atoms with Crippen LogP contribution in [0.25, 0.3) is 0 Å². The Hall–Kier alpha value is -1.88. The van der Waals surface area contributed by atoms with Crippen LogP contribution in [0.1, 0.15) is 49.1 Å². The zero-order chi connectivity index (χ0) is 16.7. The van der Waals surface area contributed by atoms with E-state index in [2.05, 4.69) is 39.1 Å². The first-order chi connectivity index (χ1) is 11.6. The van der Waals surface area contributed by atoms with Crippen molar-refractivity contribution in [3.8, 4) is 6.07 Å². The van der Waals surface area contributed by atoms with Crippen molar-refractivity contribution >= 4 is 34.2 Å². The third-order valence-corrected chi connectivity index (χ3v) is 5.60. The molecule has 2 saturated carbocycles. The Balaban J connectivity index is 1.60. The molecule has 0 aliphatic heterocycles. The van der Waals surface area contributed by atoms with E-state index in [-0.39, 0.29) is 5.91 Å². The zero-order valence-electron chi connectivity index (χ0n) is 13.1. The zero-order valence-corrected chi connectivity index (χ0v) is 15.3. The second-order valence-electron chi connectivity index (χ2n) is 6.63. The van der Waals surface area contributed by atoms with Crippen LogP contribution in [0, 0.1) is 14.9 Å². The van der Waals surface area contributed by atoms with E-state index in [9.17, 15) is 10.1 Å². The molecule has 0 radical (unpaired) electrons. The molecule has 24 heavy (non-hydrogen) atoms. The monoisotopic (exact) mass is 432 g/mol. The maximum absolute atomic E-state index is 12.9. The van der Waals surface area contributed by atoms with Gasteiger partial charge < -0.3 is 5.32 Å². The number of aromatic nitrogens is 2. The van der Waals surface area contributed by atoms with Crippen LogP contribution in [0.3, 0.4) is 0 Å².